The molecule has 1 aliphatic heterocycles. The zero-order chi connectivity index (χ0) is 16.1. The molecule has 0 saturated carbocycles. The number of nitrogens with zero attached hydrogens (tertiary/aromatic N) is 1. The molecule has 0 spiro atoms. The normalized spacial score (nSPS) is 28.3. The quantitative estimate of drug-likeness (QED) is 0.732. The minimum absolute atomic E-state index is 0.0955. The van der Waals surface area contributed by atoms with Crippen LogP contribution in [0.1, 0.15) is 40.5 Å². The predicted octanol–water partition coefficient (Wildman–Crippen LogP) is 3.05. The van der Waals surface area contributed by atoms with Gasteiger partial charge in [-0.2, -0.15) is 13.2 Å². The molecule has 3 nitrogen and oxygen atoms in total. The molecule has 0 bridgehead atoms. The van der Waals surface area contributed by atoms with Crippen LogP contribution in [0, 0.1) is 5.92 Å². The highest BCUT2D eigenvalue weighted by atomic mass is 19.4. The number of alkyl halides is 3. The van der Waals surface area contributed by atoms with Crippen molar-refractivity contribution in [1.82, 2.24) is 10.2 Å². The minimum atomic E-state index is -4.23. The number of hydrogen-bond acceptors (Lipinski definition) is 3. The topological polar surface area (TPSA) is 24.5 Å². The van der Waals surface area contributed by atoms with Gasteiger partial charge in [-0.3, -0.25) is 4.90 Å². The van der Waals surface area contributed by atoms with E-state index in [1.54, 1.807) is 0 Å². The summed E-state index contributed by atoms with van der Waals surface area (Å²) in [5, 5.41) is 3.61. The molecule has 1 fully saturated rings. The van der Waals surface area contributed by atoms with Gasteiger partial charge in [0.15, 0.2) is 0 Å². The highest BCUT2D eigenvalue weighted by Gasteiger charge is 2.35. The molecule has 0 amide bonds. The van der Waals surface area contributed by atoms with Gasteiger partial charge in [-0.05, 0) is 25.7 Å². The molecule has 0 aromatic carbocycles. The summed E-state index contributed by atoms with van der Waals surface area (Å²) in [6.07, 6.45) is -2.55. The maximum Gasteiger partial charge on any atom is 0.411 e. The monoisotopic (exact) mass is 310 g/mol. The number of piperazine rings is 1. The second-order valence-electron chi connectivity index (χ2n) is 6.60. The van der Waals surface area contributed by atoms with Crippen molar-refractivity contribution in [1.29, 1.82) is 0 Å². The number of halogens is 3. The molecule has 126 valence electrons. The van der Waals surface area contributed by atoms with Gasteiger partial charge in [0.05, 0.1) is 0 Å². The molecule has 2 atom stereocenters. The van der Waals surface area contributed by atoms with Crippen molar-refractivity contribution < 1.29 is 17.9 Å². The van der Waals surface area contributed by atoms with Crippen molar-refractivity contribution in [2.75, 3.05) is 32.8 Å². The van der Waals surface area contributed by atoms with E-state index in [1.807, 2.05) is 0 Å². The molecule has 6 heteroatoms. The minimum Gasteiger partial charge on any atom is -0.372 e. The molecule has 0 radical (unpaired) electrons. The molecular weight excluding hydrogens is 281 g/mol. The fraction of sp³-hybridized carbons (Fsp3) is 1.00. The molecule has 21 heavy (non-hydrogen) atoms. The van der Waals surface area contributed by atoms with Crippen LogP contribution in [-0.2, 0) is 4.74 Å². The van der Waals surface area contributed by atoms with Crippen molar-refractivity contribution >= 4 is 0 Å². The third-order valence-electron chi connectivity index (χ3n) is 4.31. The second kappa shape index (κ2) is 7.79. The van der Waals surface area contributed by atoms with E-state index in [0.717, 1.165) is 26.1 Å². The number of rotatable bonds is 7. The summed E-state index contributed by atoms with van der Waals surface area (Å²) in [6, 6.07) is 0.437. The van der Waals surface area contributed by atoms with E-state index in [4.69, 9.17) is 4.74 Å². The molecule has 0 aromatic rings. The van der Waals surface area contributed by atoms with Gasteiger partial charge >= 0.3 is 6.18 Å². The van der Waals surface area contributed by atoms with E-state index in [0.29, 0.717) is 18.4 Å². The molecule has 2 unspecified atom stereocenters. The zero-order valence-corrected chi connectivity index (χ0v) is 13.6. The average molecular weight is 310 g/mol. The van der Waals surface area contributed by atoms with Gasteiger partial charge in [0.25, 0.3) is 0 Å². The van der Waals surface area contributed by atoms with E-state index in [-0.39, 0.29) is 12.1 Å². The van der Waals surface area contributed by atoms with Gasteiger partial charge in [0.1, 0.15) is 6.61 Å². The van der Waals surface area contributed by atoms with Crippen LogP contribution < -0.4 is 5.32 Å². The van der Waals surface area contributed by atoms with Crippen molar-refractivity contribution in [3.8, 4) is 0 Å². The number of hydrogen-bond donors (Lipinski definition) is 1. The zero-order valence-electron chi connectivity index (χ0n) is 13.6. The third kappa shape index (κ3) is 6.53. The summed E-state index contributed by atoms with van der Waals surface area (Å²) in [5.74, 6) is 0.523. The van der Waals surface area contributed by atoms with E-state index in [9.17, 15) is 13.2 Å². The number of nitrogens with one attached hydrogen (secondary N) is 1. The highest BCUT2D eigenvalue weighted by molar-refractivity contribution is 4.95. The maximum absolute atomic E-state index is 12.0. The molecule has 0 aromatic heterocycles. The second-order valence-corrected chi connectivity index (χ2v) is 6.60. The Bertz CT molecular complexity index is 310. The third-order valence-corrected chi connectivity index (χ3v) is 4.31. The molecule has 1 N–H and O–H groups in total. The summed E-state index contributed by atoms with van der Waals surface area (Å²) < 4.78 is 40.7. The Morgan fingerprint density at radius 1 is 1.38 bits per heavy atom. The van der Waals surface area contributed by atoms with Crippen molar-refractivity contribution in [3.63, 3.8) is 0 Å². The first-order chi connectivity index (χ1) is 9.67. The lowest BCUT2D eigenvalue weighted by Crippen LogP contribution is -2.64. The van der Waals surface area contributed by atoms with Crippen LogP contribution in [0.15, 0.2) is 0 Å². The van der Waals surface area contributed by atoms with Crippen molar-refractivity contribution in [2.45, 2.75) is 58.3 Å². The Morgan fingerprint density at radius 2 is 2.05 bits per heavy atom. The van der Waals surface area contributed by atoms with Gasteiger partial charge in [-0.25, -0.2) is 0 Å². The van der Waals surface area contributed by atoms with E-state index < -0.39 is 12.8 Å². The smallest absolute Gasteiger partial charge is 0.372 e. The Balaban J connectivity index is 2.40. The molecule has 1 heterocycles. The summed E-state index contributed by atoms with van der Waals surface area (Å²) in [7, 11) is 0. The first-order valence-electron chi connectivity index (χ1n) is 7.80. The lowest BCUT2D eigenvalue weighted by molar-refractivity contribution is -0.174. The van der Waals surface area contributed by atoms with Crippen LogP contribution in [0.5, 0.6) is 0 Å². The molecule has 1 rings (SSSR count). The van der Waals surface area contributed by atoms with E-state index >= 15 is 0 Å². The molecule has 1 saturated heterocycles. The fourth-order valence-electron chi connectivity index (χ4n) is 2.80. The van der Waals surface area contributed by atoms with Gasteiger partial charge in [0, 0.05) is 37.8 Å². The lowest BCUT2D eigenvalue weighted by atomic mass is 9.90. The van der Waals surface area contributed by atoms with Crippen LogP contribution >= 0.6 is 0 Å². The summed E-state index contributed by atoms with van der Waals surface area (Å²) >= 11 is 0. The van der Waals surface area contributed by atoms with Crippen LogP contribution in [0.4, 0.5) is 13.2 Å². The first-order valence-corrected chi connectivity index (χ1v) is 7.80. The average Bonchev–Trinajstić information content (AvgIpc) is 2.37. The van der Waals surface area contributed by atoms with E-state index in [2.05, 4.69) is 37.9 Å². The van der Waals surface area contributed by atoms with Crippen LogP contribution in [0.2, 0.25) is 0 Å². The predicted molar refractivity (Wildman–Crippen MR) is 78.4 cm³/mol. The van der Waals surface area contributed by atoms with E-state index in [1.165, 1.54) is 0 Å². The fourth-order valence-corrected chi connectivity index (χ4v) is 2.80. The summed E-state index contributed by atoms with van der Waals surface area (Å²) in [4.78, 5) is 2.40. The molecule has 0 aliphatic carbocycles. The van der Waals surface area contributed by atoms with Gasteiger partial charge in [-0.15, -0.1) is 0 Å². The van der Waals surface area contributed by atoms with Crippen LogP contribution in [0.3, 0.4) is 0 Å². The SMILES string of the molecule is CCC1(C)CN(CCCOCC(F)(F)F)C(C(C)C)CN1. The number of ether oxygens (including phenoxy) is 1. The van der Waals surface area contributed by atoms with Gasteiger partial charge in [0.2, 0.25) is 0 Å². The van der Waals surface area contributed by atoms with Crippen LogP contribution in [-0.4, -0.2) is 55.5 Å². The largest absolute Gasteiger partial charge is 0.411 e. The summed E-state index contributed by atoms with van der Waals surface area (Å²) in [5.41, 5.74) is 0.0955. The lowest BCUT2D eigenvalue weighted by Gasteiger charge is -2.47. The Morgan fingerprint density at radius 3 is 2.57 bits per heavy atom. The Hall–Kier alpha value is -0.330. The van der Waals surface area contributed by atoms with Crippen molar-refractivity contribution in [2.24, 2.45) is 5.92 Å². The highest BCUT2D eigenvalue weighted by Crippen LogP contribution is 2.23. The van der Waals surface area contributed by atoms with Crippen molar-refractivity contribution in [3.05, 3.63) is 0 Å². The molecular formula is C15H29F3N2O. The van der Waals surface area contributed by atoms with Gasteiger partial charge < -0.3 is 10.1 Å². The Labute approximate surface area is 126 Å². The van der Waals surface area contributed by atoms with Crippen LogP contribution in [0.25, 0.3) is 0 Å². The summed E-state index contributed by atoms with van der Waals surface area (Å²) in [6.45, 7) is 10.4. The van der Waals surface area contributed by atoms with Gasteiger partial charge in [-0.1, -0.05) is 20.8 Å². The Kier molecular flexibility index (Phi) is 6.94. The first kappa shape index (κ1) is 18.7. The molecule has 1 aliphatic rings. The standard InChI is InChI=1S/C15H29F3N2O/c1-5-14(4)10-20(13(9-19-14)12(2)3)7-6-8-21-11-15(16,17)18/h12-13,19H,5-11H2,1-4H3. The maximum atomic E-state index is 12.0.